The van der Waals surface area contributed by atoms with E-state index in [0.717, 1.165) is 31.9 Å². The molecule has 0 bridgehead atoms. The summed E-state index contributed by atoms with van der Waals surface area (Å²) >= 11 is 0. The van der Waals surface area contributed by atoms with Crippen LogP contribution in [-0.4, -0.2) is 31.8 Å². The van der Waals surface area contributed by atoms with Gasteiger partial charge in [0, 0.05) is 26.1 Å². The lowest BCUT2D eigenvalue weighted by atomic mass is 10.1. The number of halogens is 1. The maximum atomic E-state index is 12.9. The molecule has 1 atom stereocenters. The van der Waals surface area contributed by atoms with Gasteiger partial charge in [0.25, 0.3) is 0 Å². The van der Waals surface area contributed by atoms with Crippen LogP contribution in [0.1, 0.15) is 6.42 Å². The van der Waals surface area contributed by atoms with Gasteiger partial charge >= 0.3 is 0 Å². The van der Waals surface area contributed by atoms with Crippen molar-refractivity contribution in [1.29, 1.82) is 0 Å². The highest BCUT2D eigenvalue weighted by atomic mass is 19.1. The molecule has 0 N–H and O–H groups in total. The van der Waals surface area contributed by atoms with Crippen LogP contribution in [0, 0.1) is 11.9 Å². The van der Waals surface area contributed by atoms with Gasteiger partial charge < -0.3 is 9.64 Å². The fourth-order valence-electron chi connectivity index (χ4n) is 1.99. The number of pyridine rings is 1. The van der Waals surface area contributed by atoms with Crippen molar-refractivity contribution in [3.63, 3.8) is 0 Å². The molecule has 1 aromatic rings. The number of hydrogen-bond acceptors (Lipinski definition) is 3. The first kappa shape index (κ1) is 10.4. The van der Waals surface area contributed by atoms with Gasteiger partial charge in [-0.25, -0.2) is 4.98 Å². The number of anilines is 1. The first-order valence-electron chi connectivity index (χ1n) is 5.16. The molecule has 0 aliphatic carbocycles. The Labute approximate surface area is 88.9 Å². The van der Waals surface area contributed by atoms with E-state index >= 15 is 0 Å². The molecule has 0 spiro atoms. The van der Waals surface area contributed by atoms with Crippen molar-refractivity contribution in [1.82, 2.24) is 4.98 Å². The summed E-state index contributed by atoms with van der Waals surface area (Å²) < 4.78 is 18.0. The zero-order valence-electron chi connectivity index (χ0n) is 8.82. The highest BCUT2D eigenvalue weighted by Gasteiger charge is 2.23. The Morgan fingerprint density at radius 1 is 1.60 bits per heavy atom. The van der Waals surface area contributed by atoms with Crippen LogP contribution in [0.15, 0.2) is 18.2 Å². The molecule has 4 heteroatoms. The normalized spacial score (nSPS) is 20.9. The van der Waals surface area contributed by atoms with Crippen molar-refractivity contribution in [3.05, 3.63) is 24.1 Å². The van der Waals surface area contributed by atoms with Crippen molar-refractivity contribution >= 4 is 5.82 Å². The van der Waals surface area contributed by atoms with E-state index in [1.54, 1.807) is 13.2 Å². The summed E-state index contributed by atoms with van der Waals surface area (Å²) in [5, 5.41) is 0. The molecule has 1 aromatic heterocycles. The van der Waals surface area contributed by atoms with Crippen LogP contribution >= 0.6 is 0 Å². The van der Waals surface area contributed by atoms with Crippen molar-refractivity contribution in [2.24, 2.45) is 5.92 Å². The summed E-state index contributed by atoms with van der Waals surface area (Å²) in [6.45, 7) is 2.61. The summed E-state index contributed by atoms with van der Waals surface area (Å²) in [4.78, 5) is 5.97. The molecule has 0 aromatic carbocycles. The molecule has 2 heterocycles. The van der Waals surface area contributed by atoms with Crippen LogP contribution in [0.5, 0.6) is 0 Å². The van der Waals surface area contributed by atoms with Gasteiger partial charge in [0.15, 0.2) is 0 Å². The number of methoxy groups -OCH3 is 1. The van der Waals surface area contributed by atoms with Gasteiger partial charge in [0.05, 0.1) is 6.61 Å². The van der Waals surface area contributed by atoms with Crippen LogP contribution < -0.4 is 4.90 Å². The average molecular weight is 210 g/mol. The van der Waals surface area contributed by atoms with E-state index in [1.807, 2.05) is 6.07 Å². The Kier molecular flexibility index (Phi) is 3.16. The lowest BCUT2D eigenvalue weighted by molar-refractivity contribution is 0.161. The molecule has 0 saturated carbocycles. The maximum Gasteiger partial charge on any atom is 0.214 e. The standard InChI is InChI=1S/C11H15FN2O/c1-15-8-9-5-6-14(7-9)11-4-2-3-10(12)13-11/h2-4,9H,5-8H2,1H3. The minimum absolute atomic E-state index is 0.414. The molecular formula is C11H15FN2O. The summed E-state index contributed by atoms with van der Waals surface area (Å²) in [6, 6.07) is 4.91. The quantitative estimate of drug-likeness (QED) is 0.710. The topological polar surface area (TPSA) is 25.4 Å². The second-order valence-electron chi connectivity index (χ2n) is 3.87. The molecule has 82 valence electrons. The van der Waals surface area contributed by atoms with Crippen molar-refractivity contribution in [3.8, 4) is 0 Å². The average Bonchev–Trinajstić information content (AvgIpc) is 2.67. The fourth-order valence-corrected chi connectivity index (χ4v) is 1.99. The van der Waals surface area contributed by atoms with Crippen molar-refractivity contribution in [2.75, 3.05) is 31.7 Å². The van der Waals surface area contributed by atoms with Crippen LogP contribution in [0.2, 0.25) is 0 Å². The molecule has 1 aliphatic heterocycles. The SMILES string of the molecule is COCC1CCN(c2cccc(F)n2)C1. The van der Waals surface area contributed by atoms with E-state index in [1.165, 1.54) is 6.07 Å². The molecule has 0 amide bonds. The Hall–Kier alpha value is -1.16. The van der Waals surface area contributed by atoms with Gasteiger partial charge in [-0.1, -0.05) is 6.07 Å². The molecule has 1 saturated heterocycles. The summed E-state index contributed by atoms with van der Waals surface area (Å²) in [6.07, 6.45) is 1.09. The summed E-state index contributed by atoms with van der Waals surface area (Å²) in [7, 11) is 1.71. The molecule has 3 nitrogen and oxygen atoms in total. The van der Waals surface area contributed by atoms with E-state index in [2.05, 4.69) is 9.88 Å². The highest BCUT2D eigenvalue weighted by molar-refractivity contribution is 5.39. The first-order valence-corrected chi connectivity index (χ1v) is 5.16. The maximum absolute atomic E-state index is 12.9. The van der Waals surface area contributed by atoms with Gasteiger partial charge in [0.1, 0.15) is 5.82 Å². The molecule has 1 aliphatic rings. The van der Waals surface area contributed by atoms with Crippen LogP contribution in [0.4, 0.5) is 10.2 Å². The Morgan fingerprint density at radius 2 is 2.47 bits per heavy atom. The van der Waals surface area contributed by atoms with Gasteiger partial charge in [-0.2, -0.15) is 4.39 Å². The molecule has 15 heavy (non-hydrogen) atoms. The smallest absolute Gasteiger partial charge is 0.214 e. The van der Waals surface area contributed by atoms with E-state index in [9.17, 15) is 4.39 Å². The van der Waals surface area contributed by atoms with Crippen molar-refractivity contribution < 1.29 is 9.13 Å². The predicted octanol–water partition coefficient (Wildman–Crippen LogP) is 1.69. The zero-order valence-corrected chi connectivity index (χ0v) is 8.82. The van der Waals surface area contributed by atoms with Gasteiger partial charge in [-0.15, -0.1) is 0 Å². The minimum atomic E-state index is -0.414. The number of rotatable bonds is 3. The second kappa shape index (κ2) is 4.57. The van der Waals surface area contributed by atoms with Gasteiger partial charge in [-0.05, 0) is 18.6 Å². The molecule has 1 fully saturated rings. The molecular weight excluding hydrogens is 195 g/mol. The van der Waals surface area contributed by atoms with Gasteiger partial charge in [0.2, 0.25) is 5.95 Å². The Bertz CT molecular complexity index is 332. The number of ether oxygens (including phenoxy) is 1. The molecule has 2 rings (SSSR count). The largest absolute Gasteiger partial charge is 0.384 e. The molecule has 1 unspecified atom stereocenters. The third-order valence-corrected chi connectivity index (χ3v) is 2.71. The second-order valence-corrected chi connectivity index (χ2v) is 3.87. The zero-order chi connectivity index (χ0) is 10.7. The van der Waals surface area contributed by atoms with Crippen LogP contribution in [0.25, 0.3) is 0 Å². The van der Waals surface area contributed by atoms with Crippen LogP contribution in [0.3, 0.4) is 0 Å². The fraction of sp³-hybridized carbons (Fsp3) is 0.545. The van der Waals surface area contributed by atoms with Crippen LogP contribution in [-0.2, 0) is 4.74 Å². The highest BCUT2D eigenvalue weighted by Crippen LogP contribution is 2.22. The van der Waals surface area contributed by atoms with E-state index < -0.39 is 5.95 Å². The third kappa shape index (κ3) is 2.45. The molecule has 0 radical (unpaired) electrons. The number of aromatic nitrogens is 1. The number of hydrogen-bond donors (Lipinski definition) is 0. The van der Waals surface area contributed by atoms with Crippen molar-refractivity contribution in [2.45, 2.75) is 6.42 Å². The minimum Gasteiger partial charge on any atom is -0.384 e. The Morgan fingerprint density at radius 3 is 3.20 bits per heavy atom. The third-order valence-electron chi connectivity index (χ3n) is 2.71. The summed E-state index contributed by atoms with van der Waals surface area (Å²) in [5.74, 6) is 0.858. The lowest BCUT2D eigenvalue weighted by Gasteiger charge is -2.17. The first-order chi connectivity index (χ1) is 7.29. The van der Waals surface area contributed by atoms with E-state index in [-0.39, 0.29) is 0 Å². The van der Waals surface area contributed by atoms with E-state index in [0.29, 0.717) is 5.92 Å². The Balaban J connectivity index is 2.01. The van der Waals surface area contributed by atoms with E-state index in [4.69, 9.17) is 4.74 Å². The lowest BCUT2D eigenvalue weighted by Crippen LogP contribution is -2.22. The predicted molar refractivity (Wildman–Crippen MR) is 56.4 cm³/mol. The number of nitrogens with zero attached hydrogens (tertiary/aromatic N) is 2. The van der Waals surface area contributed by atoms with Gasteiger partial charge in [-0.3, -0.25) is 0 Å². The monoisotopic (exact) mass is 210 g/mol. The summed E-state index contributed by atoms with van der Waals surface area (Å²) in [5.41, 5.74) is 0.